The van der Waals surface area contributed by atoms with Crippen molar-refractivity contribution in [2.45, 2.75) is 51.2 Å². The molecule has 2 rings (SSSR count). The summed E-state index contributed by atoms with van der Waals surface area (Å²) in [5.74, 6) is 0.683. The number of nitrogens with one attached hydrogen (secondary N) is 2. The van der Waals surface area contributed by atoms with Gasteiger partial charge in [0.15, 0.2) is 5.96 Å². The van der Waals surface area contributed by atoms with Gasteiger partial charge in [0.25, 0.3) is 0 Å². The Labute approximate surface area is 145 Å². The van der Waals surface area contributed by atoms with Crippen LogP contribution in [0.2, 0.25) is 0 Å². The maximum absolute atomic E-state index is 11.8. The van der Waals surface area contributed by atoms with Crippen LogP contribution in [0.4, 0.5) is 0 Å². The highest BCUT2D eigenvalue weighted by molar-refractivity contribution is 5.85. The number of hydrogen-bond acceptors (Lipinski definition) is 3. The first-order valence-corrected chi connectivity index (χ1v) is 9.01. The van der Waals surface area contributed by atoms with E-state index < -0.39 is 0 Å². The lowest BCUT2D eigenvalue weighted by atomic mass is 9.60. The maximum Gasteiger partial charge on any atom is 0.243 e. The van der Waals surface area contributed by atoms with Crippen LogP contribution in [-0.2, 0) is 9.53 Å². The Kier molecular flexibility index (Phi) is 6.66. The summed E-state index contributed by atoms with van der Waals surface area (Å²) in [5, 5.41) is 6.77. The van der Waals surface area contributed by atoms with Gasteiger partial charge in [0.1, 0.15) is 6.54 Å². The second-order valence-electron chi connectivity index (χ2n) is 6.94. The Morgan fingerprint density at radius 1 is 1.42 bits per heavy atom. The van der Waals surface area contributed by atoms with Gasteiger partial charge >= 0.3 is 0 Å². The fourth-order valence-corrected chi connectivity index (χ4v) is 3.86. The Morgan fingerprint density at radius 2 is 2.12 bits per heavy atom. The summed E-state index contributed by atoms with van der Waals surface area (Å²) in [6, 6.07) is 0.363. The first kappa shape index (κ1) is 18.8. The molecule has 24 heavy (non-hydrogen) atoms. The van der Waals surface area contributed by atoms with Gasteiger partial charge in [-0.3, -0.25) is 4.79 Å². The summed E-state index contributed by atoms with van der Waals surface area (Å²) < 4.78 is 5.96. The molecule has 2 saturated carbocycles. The molecule has 0 heterocycles. The molecular formula is C18H32N4O2. The van der Waals surface area contributed by atoms with Crippen LogP contribution in [0.25, 0.3) is 0 Å². The minimum atomic E-state index is -0.00825. The van der Waals surface area contributed by atoms with Gasteiger partial charge in [-0.25, -0.2) is 4.99 Å². The van der Waals surface area contributed by atoms with Crippen LogP contribution >= 0.6 is 0 Å². The molecule has 0 aliphatic heterocycles. The van der Waals surface area contributed by atoms with Gasteiger partial charge in [0, 0.05) is 38.7 Å². The van der Waals surface area contributed by atoms with E-state index in [-0.39, 0.29) is 17.9 Å². The lowest BCUT2D eigenvalue weighted by molar-refractivity contribution is -0.127. The summed E-state index contributed by atoms with van der Waals surface area (Å²) in [6.07, 6.45) is 8.11. The first-order chi connectivity index (χ1) is 11.5. The van der Waals surface area contributed by atoms with E-state index in [1.165, 1.54) is 25.7 Å². The number of guanidine groups is 1. The summed E-state index contributed by atoms with van der Waals surface area (Å²) in [5.41, 5.74) is 0.234. The molecule has 2 aliphatic carbocycles. The lowest BCUT2D eigenvalue weighted by Crippen LogP contribution is -2.65. The van der Waals surface area contributed by atoms with Crippen molar-refractivity contribution in [1.29, 1.82) is 0 Å². The smallest absolute Gasteiger partial charge is 0.243 e. The molecule has 2 atom stereocenters. The van der Waals surface area contributed by atoms with Crippen LogP contribution < -0.4 is 10.6 Å². The van der Waals surface area contributed by atoms with Gasteiger partial charge in [0.05, 0.1) is 6.10 Å². The van der Waals surface area contributed by atoms with E-state index in [9.17, 15) is 4.79 Å². The highest BCUT2D eigenvalue weighted by atomic mass is 16.5. The molecule has 6 nitrogen and oxygen atoms in total. The van der Waals surface area contributed by atoms with E-state index in [2.05, 4.69) is 29.1 Å². The highest BCUT2D eigenvalue weighted by Gasteiger charge is 2.56. The normalized spacial score (nSPS) is 25.2. The van der Waals surface area contributed by atoms with Crippen LogP contribution in [0, 0.1) is 5.41 Å². The molecule has 1 spiro atoms. The Bertz CT molecular complexity index is 470. The molecule has 0 saturated heterocycles. The predicted molar refractivity (Wildman–Crippen MR) is 97.1 cm³/mol. The summed E-state index contributed by atoms with van der Waals surface area (Å²) in [4.78, 5) is 17.8. The second kappa shape index (κ2) is 8.51. The van der Waals surface area contributed by atoms with Crippen molar-refractivity contribution in [3.8, 4) is 0 Å². The average molecular weight is 336 g/mol. The molecule has 0 radical (unpaired) electrons. The van der Waals surface area contributed by atoms with Crippen molar-refractivity contribution in [3.05, 3.63) is 12.7 Å². The Balaban J connectivity index is 2.01. The number of likely N-dealkylation sites (N-methyl/N-ethyl adjacent to an activating group) is 1. The molecule has 2 fully saturated rings. The minimum Gasteiger partial charge on any atom is -0.378 e. The van der Waals surface area contributed by atoms with Crippen molar-refractivity contribution in [3.63, 3.8) is 0 Å². The van der Waals surface area contributed by atoms with Crippen molar-refractivity contribution < 1.29 is 9.53 Å². The zero-order chi connectivity index (χ0) is 17.6. The van der Waals surface area contributed by atoms with Gasteiger partial charge in [-0.2, -0.15) is 0 Å². The second-order valence-corrected chi connectivity index (χ2v) is 6.94. The third kappa shape index (κ3) is 4.09. The van der Waals surface area contributed by atoms with Gasteiger partial charge in [0.2, 0.25) is 5.91 Å². The number of hydrogen-bond donors (Lipinski definition) is 2. The quantitative estimate of drug-likeness (QED) is 0.420. The largest absolute Gasteiger partial charge is 0.378 e. The zero-order valence-electron chi connectivity index (χ0n) is 15.3. The van der Waals surface area contributed by atoms with E-state index in [0.717, 1.165) is 13.0 Å². The van der Waals surface area contributed by atoms with Crippen LogP contribution in [0.1, 0.15) is 39.0 Å². The highest BCUT2D eigenvalue weighted by Crippen LogP contribution is 2.54. The first-order valence-electron chi connectivity index (χ1n) is 9.01. The van der Waals surface area contributed by atoms with Crippen molar-refractivity contribution in [2.24, 2.45) is 10.4 Å². The Morgan fingerprint density at radius 3 is 2.71 bits per heavy atom. The number of rotatable bonds is 7. The molecule has 2 aliphatic rings. The van der Waals surface area contributed by atoms with E-state index in [1.807, 2.05) is 0 Å². The fraction of sp³-hybridized carbons (Fsp3) is 0.778. The third-order valence-corrected chi connectivity index (χ3v) is 5.28. The van der Waals surface area contributed by atoms with Crippen LogP contribution in [-0.4, -0.2) is 62.7 Å². The molecule has 2 N–H and O–H groups in total. The molecule has 0 aromatic carbocycles. The predicted octanol–water partition coefficient (Wildman–Crippen LogP) is 1.53. The number of carbonyl (C=O) groups is 1. The number of amides is 1. The SMILES string of the molecule is C=CCNC(=NCC(=O)N(C)C)NC1CC(OCC)C12CCCC2. The summed E-state index contributed by atoms with van der Waals surface area (Å²) in [7, 11) is 3.49. The lowest BCUT2D eigenvalue weighted by Gasteiger charge is -2.54. The standard InChI is InChI=1S/C18H32N4O2/c1-5-11-19-17(20-13-16(23)22(3)4)21-14-12-15(24-6-2)18(14)9-7-8-10-18/h5,14-15H,1,6-13H2,2-4H3,(H2,19,20,21). The van der Waals surface area contributed by atoms with Crippen molar-refractivity contribution in [1.82, 2.24) is 15.5 Å². The maximum atomic E-state index is 11.8. The number of nitrogens with zero attached hydrogens (tertiary/aromatic N) is 2. The fourth-order valence-electron chi connectivity index (χ4n) is 3.86. The molecule has 0 aromatic rings. The van der Waals surface area contributed by atoms with Crippen LogP contribution in [0.3, 0.4) is 0 Å². The summed E-state index contributed by atoms with van der Waals surface area (Å²) in [6.45, 7) is 7.34. The molecule has 1 amide bonds. The van der Waals surface area contributed by atoms with Crippen molar-refractivity contribution >= 4 is 11.9 Å². The number of carbonyl (C=O) groups excluding carboxylic acids is 1. The molecule has 6 heteroatoms. The average Bonchev–Trinajstić information content (AvgIpc) is 3.08. The molecule has 2 unspecified atom stereocenters. The number of aliphatic imine (C=N–C) groups is 1. The Hall–Kier alpha value is -1.56. The molecule has 0 aromatic heterocycles. The van der Waals surface area contributed by atoms with Crippen molar-refractivity contribution in [2.75, 3.05) is 33.8 Å². The van der Waals surface area contributed by atoms with Crippen LogP contribution in [0.15, 0.2) is 17.6 Å². The zero-order valence-corrected chi connectivity index (χ0v) is 15.3. The van der Waals surface area contributed by atoms with Gasteiger partial charge in [-0.15, -0.1) is 6.58 Å². The minimum absolute atomic E-state index is 0.00825. The van der Waals surface area contributed by atoms with E-state index in [4.69, 9.17) is 4.74 Å². The van der Waals surface area contributed by atoms with Gasteiger partial charge in [-0.05, 0) is 26.2 Å². The van der Waals surface area contributed by atoms with E-state index >= 15 is 0 Å². The molecule has 136 valence electrons. The number of ether oxygens (including phenoxy) is 1. The topological polar surface area (TPSA) is 66.0 Å². The van der Waals surface area contributed by atoms with Gasteiger partial charge in [-0.1, -0.05) is 18.9 Å². The van der Waals surface area contributed by atoms with E-state index in [0.29, 0.717) is 24.7 Å². The summed E-state index contributed by atoms with van der Waals surface area (Å²) >= 11 is 0. The van der Waals surface area contributed by atoms with E-state index in [1.54, 1.807) is 25.1 Å². The molecular weight excluding hydrogens is 304 g/mol. The molecule has 0 bridgehead atoms. The van der Waals surface area contributed by atoms with Gasteiger partial charge < -0.3 is 20.3 Å². The third-order valence-electron chi connectivity index (χ3n) is 5.28. The monoisotopic (exact) mass is 336 g/mol. The van der Waals surface area contributed by atoms with Crippen LogP contribution in [0.5, 0.6) is 0 Å².